The summed E-state index contributed by atoms with van der Waals surface area (Å²) in [6, 6.07) is 6.36. The minimum Gasteiger partial charge on any atom is -0.495 e. The minimum atomic E-state index is -1.16. The van der Waals surface area contributed by atoms with Gasteiger partial charge in [0.2, 0.25) is 0 Å². The van der Waals surface area contributed by atoms with Crippen molar-refractivity contribution >= 4 is 23.5 Å². The summed E-state index contributed by atoms with van der Waals surface area (Å²) in [6.07, 6.45) is 0. The molecule has 0 spiro atoms. The first-order valence-electron chi connectivity index (χ1n) is 6.81. The maximum atomic E-state index is 11.7. The van der Waals surface area contributed by atoms with Crippen LogP contribution in [0.1, 0.15) is 45.1 Å². The molecule has 1 unspecified atom stereocenters. The molecule has 1 aromatic heterocycles. The molecule has 1 heterocycles. The molecule has 0 aliphatic heterocycles. The van der Waals surface area contributed by atoms with E-state index < -0.39 is 17.8 Å². The average Bonchev–Trinajstić information content (AvgIpc) is 2.98. The van der Waals surface area contributed by atoms with Gasteiger partial charge in [0.15, 0.2) is 5.76 Å². The van der Waals surface area contributed by atoms with Gasteiger partial charge >= 0.3 is 5.97 Å². The number of furan rings is 1. The summed E-state index contributed by atoms with van der Waals surface area (Å²) >= 11 is 6.11. The minimum absolute atomic E-state index is 0.0497. The maximum absolute atomic E-state index is 11.7. The normalized spacial score (nSPS) is 11.8. The van der Waals surface area contributed by atoms with Crippen LogP contribution in [-0.4, -0.2) is 31.1 Å². The van der Waals surface area contributed by atoms with Crippen LogP contribution in [-0.2, 0) is 0 Å². The molecule has 2 rings (SSSR count). The van der Waals surface area contributed by atoms with Crippen LogP contribution in [0.25, 0.3) is 0 Å². The Bertz CT molecular complexity index is 753. The standard InChI is InChI=1S/C16H16ClNO5/c1-8(9-4-5-12(22-3)11(17)6-9)14-10(16(20)21)7-13(23-14)15(19)18-2/h4-8H,1-3H3,(H,18,19)(H,20,21). The Morgan fingerprint density at radius 2 is 2.04 bits per heavy atom. The van der Waals surface area contributed by atoms with Crippen molar-refractivity contribution in [2.24, 2.45) is 0 Å². The van der Waals surface area contributed by atoms with Gasteiger partial charge in [-0.05, 0) is 17.7 Å². The fraction of sp³-hybridized carbons (Fsp3) is 0.250. The van der Waals surface area contributed by atoms with E-state index in [0.29, 0.717) is 10.8 Å². The largest absolute Gasteiger partial charge is 0.495 e. The van der Waals surface area contributed by atoms with Crippen molar-refractivity contribution in [3.63, 3.8) is 0 Å². The second kappa shape index (κ2) is 6.75. The van der Waals surface area contributed by atoms with Crippen molar-refractivity contribution < 1.29 is 23.8 Å². The number of ether oxygens (including phenoxy) is 1. The smallest absolute Gasteiger partial charge is 0.339 e. The number of carboxylic acids is 1. The van der Waals surface area contributed by atoms with Crippen LogP contribution in [0.3, 0.4) is 0 Å². The lowest BCUT2D eigenvalue weighted by Crippen LogP contribution is -2.16. The van der Waals surface area contributed by atoms with Gasteiger partial charge < -0.3 is 19.6 Å². The predicted octanol–water partition coefficient (Wildman–Crippen LogP) is 3.15. The third-order valence-electron chi connectivity index (χ3n) is 3.51. The first-order valence-corrected chi connectivity index (χ1v) is 7.19. The second-order valence-electron chi connectivity index (χ2n) is 4.89. The molecule has 0 saturated carbocycles. The van der Waals surface area contributed by atoms with Crippen molar-refractivity contribution in [2.45, 2.75) is 12.8 Å². The Balaban J connectivity index is 2.47. The van der Waals surface area contributed by atoms with Gasteiger partial charge in [-0.15, -0.1) is 0 Å². The highest BCUT2D eigenvalue weighted by Gasteiger charge is 2.25. The van der Waals surface area contributed by atoms with E-state index in [0.717, 1.165) is 5.56 Å². The zero-order chi connectivity index (χ0) is 17.1. The molecular formula is C16H16ClNO5. The van der Waals surface area contributed by atoms with Crippen molar-refractivity contribution in [3.05, 3.63) is 51.9 Å². The van der Waals surface area contributed by atoms with Crippen LogP contribution in [0.15, 0.2) is 28.7 Å². The molecule has 2 aromatic rings. The van der Waals surface area contributed by atoms with Crippen LogP contribution < -0.4 is 10.1 Å². The molecule has 1 amide bonds. The zero-order valence-corrected chi connectivity index (χ0v) is 13.6. The van der Waals surface area contributed by atoms with Crippen LogP contribution in [0.2, 0.25) is 5.02 Å². The fourth-order valence-electron chi connectivity index (χ4n) is 2.23. The summed E-state index contributed by atoms with van der Waals surface area (Å²) < 4.78 is 10.6. The van der Waals surface area contributed by atoms with Crippen LogP contribution in [0.4, 0.5) is 0 Å². The first-order chi connectivity index (χ1) is 10.9. The Kier molecular flexibility index (Phi) is 4.95. The van der Waals surface area contributed by atoms with E-state index in [1.54, 1.807) is 25.1 Å². The molecular weight excluding hydrogens is 322 g/mol. The molecule has 1 aromatic carbocycles. The maximum Gasteiger partial charge on any atom is 0.339 e. The van der Waals surface area contributed by atoms with Gasteiger partial charge in [0.1, 0.15) is 17.1 Å². The van der Waals surface area contributed by atoms with Crippen LogP contribution >= 0.6 is 11.6 Å². The number of hydrogen-bond donors (Lipinski definition) is 2. The monoisotopic (exact) mass is 337 g/mol. The topological polar surface area (TPSA) is 88.8 Å². The van der Waals surface area contributed by atoms with E-state index in [1.807, 2.05) is 0 Å². The summed E-state index contributed by atoms with van der Waals surface area (Å²) in [4.78, 5) is 23.1. The van der Waals surface area contributed by atoms with Gasteiger partial charge in [0.05, 0.1) is 12.1 Å². The lowest BCUT2D eigenvalue weighted by atomic mass is 9.96. The first kappa shape index (κ1) is 16.9. The molecule has 1 atom stereocenters. The van der Waals surface area contributed by atoms with E-state index in [2.05, 4.69) is 5.32 Å². The molecule has 2 N–H and O–H groups in total. The van der Waals surface area contributed by atoms with Gasteiger partial charge in [-0.3, -0.25) is 4.79 Å². The second-order valence-corrected chi connectivity index (χ2v) is 5.30. The Morgan fingerprint density at radius 1 is 1.35 bits per heavy atom. The number of carboxylic acid groups (broad SMARTS) is 1. The zero-order valence-electron chi connectivity index (χ0n) is 12.8. The Labute approximate surface area is 138 Å². The molecule has 0 radical (unpaired) electrons. The van der Waals surface area contributed by atoms with Gasteiger partial charge in [-0.25, -0.2) is 4.79 Å². The highest BCUT2D eigenvalue weighted by atomic mass is 35.5. The number of hydrogen-bond acceptors (Lipinski definition) is 4. The predicted molar refractivity (Wildman–Crippen MR) is 84.6 cm³/mol. The Morgan fingerprint density at radius 3 is 2.57 bits per heavy atom. The third kappa shape index (κ3) is 3.32. The van der Waals surface area contributed by atoms with Gasteiger partial charge in [-0.1, -0.05) is 24.6 Å². The lowest BCUT2D eigenvalue weighted by molar-refractivity contribution is 0.0693. The molecule has 0 aliphatic rings. The number of rotatable bonds is 5. The van der Waals surface area contributed by atoms with E-state index in [9.17, 15) is 14.7 Å². The summed E-state index contributed by atoms with van der Waals surface area (Å²) in [5, 5.41) is 12.1. The fourth-order valence-corrected chi connectivity index (χ4v) is 2.50. The van der Waals surface area contributed by atoms with Crippen molar-refractivity contribution in [2.75, 3.05) is 14.2 Å². The molecule has 0 aliphatic carbocycles. The molecule has 6 nitrogen and oxygen atoms in total. The number of benzene rings is 1. The van der Waals surface area contributed by atoms with Crippen molar-refractivity contribution in [1.82, 2.24) is 5.32 Å². The van der Waals surface area contributed by atoms with E-state index in [1.165, 1.54) is 20.2 Å². The average molecular weight is 338 g/mol. The van der Waals surface area contributed by atoms with Gasteiger partial charge in [-0.2, -0.15) is 0 Å². The van der Waals surface area contributed by atoms with Crippen molar-refractivity contribution in [1.29, 1.82) is 0 Å². The quantitative estimate of drug-likeness (QED) is 0.874. The third-order valence-corrected chi connectivity index (χ3v) is 3.81. The highest BCUT2D eigenvalue weighted by molar-refractivity contribution is 6.32. The summed E-state index contributed by atoms with van der Waals surface area (Å²) in [5.41, 5.74) is 0.694. The Hall–Kier alpha value is -2.47. The number of carbonyl (C=O) groups is 2. The molecule has 0 bridgehead atoms. The van der Waals surface area contributed by atoms with E-state index in [4.69, 9.17) is 20.8 Å². The number of nitrogens with one attached hydrogen (secondary N) is 1. The van der Waals surface area contributed by atoms with E-state index in [-0.39, 0.29) is 17.1 Å². The molecule has 0 saturated heterocycles. The van der Waals surface area contributed by atoms with E-state index >= 15 is 0 Å². The summed E-state index contributed by atoms with van der Waals surface area (Å²) in [5.74, 6) is -1.39. The molecule has 0 fully saturated rings. The SMILES string of the molecule is CNC(=O)c1cc(C(=O)O)c(C(C)c2ccc(OC)c(Cl)c2)o1. The number of amides is 1. The number of aromatic carboxylic acids is 1. The highest BCUT2D eigenvalue weighted by Crippen LogP contribution is 2.34. The summed E-state index contributed by atoms with van der Waals surface area (Å²) in [6.45, 7) is 1.77. The van der Waals surface area contributed by atoms with Gasteiger partial charge in [0, 0.05) is 19.0 Å². The molecule has 7 heteroatoms. The van der Waals surface area contributed by atoms with Crippen LogP contribution in [0, 0.1) is 0 Å². The summed E-state index contributed by atoms with van der Waals surface area (Å²) in [7, 11) is 2.95. The van der Waals surface area contributed by atoms with Gasteiger partial charge in [0.25, 0.3) is 5.91 Å². The molecule has 23 heavy (non-hydrogen) atoms. The lowest BCUT2D eigenvalue weighted by Gasteiger charge is -2.12. The molecule has 122 valence electrons. The number of carbonyl (C=O) groups excluding carboxylic acids is 1. The number of methoxy groups -OCH3 is 1. The van der Waals surface area contributed by atoms with Crippen LogP contribution in [0.5, 0.6) is 5.75 Å². The van der Waals surface area contributed by atoms with Crippen molar-refractivity contribution in [3.8, 4) is 5.75 Å². The number of halogens is 1.